The number of rotatable bonds is 5. The topological polar surface area (TPSA) is 99.4 Å². The van der Waals surface area contributed by atoms with Crippen molar-refractivity contribution in [2.75, 3.05) is 13.2 Å². The van der Waals surface area contributed by atoms with E-state index in [-0.39, 0.29) is 5.60 Å². The minimum Gasteiger partial charge on any atom is -0.394 e. The summed E-state index contributed by atoms with van der Waals surface area (Å²) < 4.78 is 11.9. The maximum absolute atomic E-state index is 10.5. The van der Waals surface area contributed by atoms with Crippen LogP contribution in [0.5, 0.6) is 0 Å². The molecule has 2 heterocycles. The maximum Gasteiger partial charge on any atom is 0.113 e. The van der Waals surface area contributed by atoms with Crippen molar-refractivity contribution in [1.29, 1.82) is 0 Å². The second-order valence-electron chi connectivity index (χ2n) is 10.1. The first kappa shape index (κ1) is 24.2. The molecule has 7 heteroatoms. The van der Waals surface area contributed by atoms with Crippen molar-refractivity contribution in [2.45, 2.75) is 80.6 Å². The van der Waals surface area contributed by atoms with Crippen molar-refractivity contribution in [2.24, 2.45) is 0 Å². The van der Waals surface area contributed by atoms with Crippen LogP contribution in [0.3, 0.4) is 0 Å². The molecule has 1 unspecified atom stereocenters. The molecule has 0 aromatic heterocycles. The van der Waals surface area contributed by atoms with Crippen molar-refractivity contribution in [3.8, 4) is 0 Å². The second kappa shape index (κ2) is 9.86. The van der Waals surface area contributed by atoms with Gasteiger partial charge in [0.15, 0.2) is 0 Å². The van der Waals surface area contributed by atoms with Gasteiger partial charge in [-0.05, 0) is 54.0 Å². The highest BCUT2D eigenvalue weighted by Crippen LogP contribution is 2.46. The molecule has 1 aliphatic carbocycles. The first-order chi connectivity index (χ1) is 16.4. The SMILES string of the molecule is OC[C@H]1O[C@@H](c2ccc(Cl)c(Cc3ccc(C4COC5(CCCC5)C4)cc3)c2)[C@H](O)[C@@H](O)[C@@H]1O. The average Bonchev–Trinajstić information content (AvgIpc) is 3.49. The van der Waals surface area contributed by atoms with E-state index in [9.17, 15) is 20.4 Å². The lowest BCUT2D eigenvalue weighted by atomic mass is 9.87. The summed E-state index contributed by atoms with van der Waals surface area (Å²) in [7, 11) is 0. The van der Waals surface area contributed by atoms with Gasteiger partial charge in [-0.2, -0.15) is 0 Å². The Morgan fingerprint density at radius 2 is 1.62 bits per heavy atom. The summed E-state index contributed by atoms with van der Waals surface area (Å²) in [6.45, 7) is 0.341. The summed E-state index contributed by atoms with van der Waals surface area (Å²) in [5.41, 5.74) is 4.05. The molecule has 184 valence electrons. The Bertz CT molecular complexity index is 987. The Balaban J connectivity index is 1.30. The van der Waals surface area contributed by atoms with Crippen LogP contribution < -0.4 is 0 Å². The molecule has 1 spiro atoms. The first-order valence-electron chi connectivity index (χ1n) is 12.2. The Labute approximate surface area is 205 Å². The predicted molar refractivity (Wildman–Crippen MR) is 128 cm³/mol. The fourth-order valence-electron chi connectivity index (χ4n) is 5.84. The zero-order valence-corrected chi connectivity index (χ0v) is 19.9. The molecule has 0 amide bonds. The van der Waals surface area contributed by atoms with Gasteiger partial charge in [0.1, 0.15) is 30.5 Å². The molecule has 4 N–H and O–H groups in total. The number of benzene rings is 2. The van der Waals surface area contributed by atoms with Crippen molar-refractivity contribution >= 4 is 11.6 Å². The quantitative estimate of drug-likeness (QED) is 0.515. The van der Waals surface area contributed by atoms with Crippen molar-refractivity contribution < 1.29 is 29.9 Å². The molecular weight excluding hydrogens is 456 g/mol. The monoisotopic (exact) mass is 488 g/mol. The minimum absolute atomic E-state index is 0.113. The van der Waals surface area contributed by atoms with E-state index < -0.39 is 37.1 Å². The number of hydrogen-bond donors (Lipinski definition) is 4. The molecule has 5 rings (SSSR count). The molecule has 34 heavy (non-hydrogen) atoms. The third kappa shape index (κ3) is 4.65. The van der Waals surface area contributed by atoms with Gasteiger partial charge in [-0.3, -0.25) is 0 Å². The molecular formula is C27H33ClO6. The summed E-state index contributed by atoms with van der Waals surface area (Å²) in [4.78, 5) is 0. The molecule has 2 aromatic rings. The van der Waals surface area contributed by atoms with Gasteiger partial charge in [0.05, 0.1) is 18.8 Å². The van der Waals surface area contributed by atoms with E-state index >= 15 is 0 Å². The molecule has 3 fully saturated rings. The van der Waals surface area contributed by atoms with E-state index in [1.54, 1.807) is 12.1 Å². The lowest BCUT2D eigenvalue weighted by Crippen LogP contribution is -2.55. The van der Waals surface area contributed by atoms with Crippen LogP contribution in [0.15, 0.2) is 42.5 Å². The fourth-order valence-corrected chi connectivity index (χ4v) is 6.02. The molecule has 2 aliphatic heterocycles. The van der Waals surface area contributed by atoms with Gasteiger partial charge in [0.2, 0.25) is 0 Å². The number of halogens is 1. The molecule has 2 aromatic carbocycles. The van der Waals surface area contributed by atoms with Crippen LogP contribution in [0.2, 0.25) is 5.02 Å². The van der Waals surface area contributed by atoms with Crippen LogP contribution in [0.1, 0.15) is 66.4 Å². The van der Waals surface area contributed by atoms with Gasteiger partial charge in [0, 0.05) is 10.9 Å². The third-order valence-corrected chi connectivity index (χ3v) is 8.23. The minimum atomic E-state index is -1.41. The van der Waals surface area contributed by atoms with Crippen LogP contribution in [0, 0.1) is 0 Å². The Kier molecular flexibility index (Phi) is 7.02. The van der Waals surface area contributed by atoms with E-state index in [4.69, 9.17) is 21.1 Å². The highest BCUT2D eigenvalue weighted by Gasteiger charge is 2.44. The predicted octanol–water partition coefficient (Wildman–Crippen LogP) is 3.26. The maximum atomic E-state index is 10.5. The standard InChI is InChI=1S/C27H33ClO6/c28-21-8-7-18(26-25(32)24(31)23(30)22(14-29)34-26)12-19(21)11-16-3-5-17(6-4-16)20-13-27(33-15-20)9-1-2-10-27/h3-8,12,20,22-26,29-32H,1-2,9-11,13-15H2/t20?,22-,23-,24+,25-,26+/m1/s1. The van der Waals surface area contributed by atoms with Crippen LogP contribution >= 0.6 is 11.6 Å². The summed E-state index contributed by atoms with van der Waals surface area (Å²) in [6, 6.07) is 14.0. The zero-order valence-electron chi connectivity index (χ0n) is 19.1. The van der Waals surface area contributed by atoms with Gasteiger partial charge in [-0.25, -0.2) is 0 Å². The van der Waals surface area contributed by atoms with Crippen LogP contribution in [0.25, 0.3) is 0 Å². The molecule has 6 nitrogen and oxygen atoms in total. The Hall–Kier alpha value is -1.51. The van der Waals surface area contributed by atoms with Crippen molar-refractivity contribution in [3.05, 3.63) is 69.7 Å². The van der Waals surface area contributed by atoms with Gasteiger partial charge in [-0.15, -0.1) is 0 Å². The van der Waals surface area contributed by atoms with Crippen LogP contribution in [-0.2, 0) is 15.9 Å². The molecule has 6 atom stereocenters. The average molecular weight is 489 g/mol. The van der Waals surface area contributed by atoms with Crippen molar-refractivity contribution in [3.63, 3.8) is 0 Å². The van der Waals surface area contributed by atoms with Gasteiger partial charge < -0.3 is 29.9 Å². The van der Waals surface area contributed by atoms with E-state index in [1.165, 1.54) is 31.2 Å². The number of aliphatic hydroxyl groups excluding tert-OH is 4. The summed E-state index contributed by atoms with van der Waals surface area (Å²) in [5.74, 6) is 0.449. The number of ether oxygens (including phenoxy) is 2. The highest BCUT2D eigenvalue weighted by atomic mass is 35.5. The summed E-state index contributed by atoms with van der Waals surface area (Å²) >= 11 is 6.48. The molecule has 1 saturated carbocycles. The van der Waals surface area contributed by atoms with Gasteiger partial charge in [0.25, 0.3) is 0 Å². The smallest absolute Gasteiger partial charge is 0.113 e. The van der Waals surface area contributed by atoms with Crippen molar-refractivity contribution in [1.82, 2.24) is 0 Å². The zero-order chi connectivity index (χ0) is 23.9. The first-order valence-corrected chi connectivity index (χ1v) is 12.6. The lowest BCUT2D eigenvalue weighted by molar-refractivity contribution is -0.231. The van der Waals surface area contributed by atoms with Gasteiger partial charge >= 0.3 is 0 Å². The third-order valence-electron chi connectivity index (χ3n) is 7.86. The van der Waals surface area contributed by atoms with Crippen LogP contribution in [0.4, 0.5) is 0 Å². The summed E-state index contributed by atoms with van der Waals surface area (Å²) in [5, 5.41) is 40.8. The Morgan fingerprint density at radius 3 is 2.32 bits per heavy atom. The number of hydrogen-bond acceptors (Lipinski definition) is 6. The van der Waals surface area contributed by atoms with Crippen LogP contribution in [-0.4, -0.2) is 63.7 Å². The number of aliphatic hydroxyl groups is 4. The van der Waals surface area contributed by atoms with E-state index in [0.717, 1.165) is 24.2 Å². The molecule has 2 saturated heterocycles. The molecule has 0 radical (unpaired) electrons. The summed E-state index contributed by atoms with van der Waals surface area (Å²) in [6.07, 6.45) is 0.703. The van der Waals surface area contributed by atoms with Gasteiger partial charge in [-0.1, -0.05) is 60.8 Å². The highest BCUT2D eigenvalue weighted by molar-refractivity contribution is 6.31. The van der Waals surface area contributed by atoms with E-state index in [2.05, 4.69) is 24.3 Å². The second-order valence-corrected chi connectivity index (χ2v) is 10.5. The largest absolute Gasteiger partial charge is 0.394 e. The van der Waals surface area contributed by atoms with E-state index in [0.29, 0.717) is 22.9 Å². The Morgan fingerprint density at radius 1 is 0.912 bits per heavy atom. The fraction of sp³-hybridized carbons (Fsp3) is 0.556. The van der Waals surface area contributed by atoms with E-state index in [1.807, 2.05) is 6.07 Å². The molecule has 3 aliphatic rings. The lowest BCUT2D eigenvalue weighted by Gasteiger charge is -2.40. The molecule has 0 bridgehead atoms. The normalized spacial score (nSPS) is 33.0.